The molecular weight excluding hydrogens is 499 g/mol. The molecule has 1 aliphatic heterocycles. The number of amides is 1. The number of benzene rings is 1. The zero-order chi connectivity index (χ0) is 28.6. The van der Waals surface area contributed by atoms with E-state index in [0.29, 0.717) is 41.3 Å². The fourth-order valence-corrected chi connectivity index (χ4v) is 4.56. The normalized spacial score (nSPS) is 15.7. The van der Waals surface area contributed by atoms with E-state index in [2.05, 4.69) is 4.99 Å². The lowest BCUT2D eigenvalue weighted by Crippen LogP contribution is -2.33. The van der Waals surface area contributed by atoms with Crippen molar-refractivity contribution in [3.05, 3.63) is 46.8 Å². The van der Waals surface area contributed by atoms with Crippen LogP contribution in [0.15, 0.2) is 29.5 Å². The van der Waals surface area contributed by atoms with E-state index in [1.54, 1.807) is 26.0 Å². The molecule has 0 atom stereocenters. The smallest absolute Gasteiger partial charge is 0.425 e. The Kier molecular flexibility index (Phi) is 8.15. The standard InChI is InChI=1S/C28H36F3N3O4/c1-8-17(9-2)10-11-33-12-13-34(25(33)32-23(36)28(29,30)31)16-21(35)18-14-19(26(3,4)5)22-20(15-18)27(6,7)24(37)38-22/h12-15,17H,8-11,16H2,1-7H3/b32-25-. The highest BCUT2D eigenvalue weighted by Crippen LogP contribution is 2.46. The van der Waals surface area contributed by atoms with Crippen LogP contribution in [0.5, 0.6) is 5.75 Å². The lowest BCUT2D eigenvalue weighted by Gasteiger charge is -2.23. The maximum Gasteiger partial charge on any atom is 0.473 e. The first-order valence-electron chi connectivity index (χ1n) is 12.9. The number of nitrogens with zero attached hydrogens (tertiary/aromatic N) is 3. The molecule has 208 valence electrons. The number of rotatable bonds is 8. The van der Waals surface area contributed by atoms with E-state index in [9.17, 15) is 27.6 Å². The van der Waals surface area contributed by atoms with Crippen LogP contribution in [0.25, 0.3) is 0 Å². The molecule has 0 N–H and O–H groups in total. The number of imidazole rings is 1. The topological polar surface area (TPSA) is 82.7 Å². The van der Waals surface area contributed by atoms with Gasteiger partial charge in [0.1, 0.15) is 5.75 Å². The molecule has 0 saturated carbocycles. The van der Waals surface area contributed by atoms with Gasteiger partial charge in [0.15, 0.2) is 5.78 Å². The molecule has 0 saturated heterocycles. The summed E-state index contributed by atoms with van der Waals surface area (Å²) in [5.74, 6) is -2.23. The third-order valence-electron chi connectivity index (χ3n) is 7.23. The first kappa shape index (κ1) is 29.4. The molecule has 1 amide bonds. The van der Waals surface area contributed by atoms with Crippen LogP contribution in [-0.2, 0) is 33.5 Å². The average Bonchev–Trinajstić information content (AvgIpc) is 3.29. The highest BCUT2D eigenvalue weighted by molar-refractivity contribution is 5.99. The second kappa shape index (κ2) is 10.5. The summed E-state index contributed by atoms with van der Waals surface area (Å²) in [5.41, 5.74) is -0.0817. The Morgan fingerprint density at radius 3 is 2.21 bits per heavy atom. The summed E-state index contributed by atoms with van der Waals surface area (Å²) in [6, 6.07) is 3.28. The van der Waals surface area contributed by atoms with E-state index in [4.69, 9.17) is 4.74 Å². The van der Waals surface area contributed by atoms with Crippen LogP contribution in [0.3, 0.4) is 0 Å². The van der Waals surface area contributed by atoms with Crippen molar-refractivity contribution in [2.24, 2.45) is 10.9 Å². The van der Waals surface area contributed by atoms with Crippen molar-refractivity contribution < 1.29 is 32.3 Å². The highest BCUT2D eigenvalue weighted by Gasteiger charge is 2.44. The van der Waals surface area contributed by atoms with E-state index in [0.717, 1.165) is 12.8 Å². The number of ketones is 1. The average molecular weight is 536 g/mol. The van der Waals surface area contributed by atoms with Crippen molar-refractivity contribution in [1.29, 1.82) is 0 Å². The number of halogens is 3. The van der Waals surface area contributed by atoms with E-state index < -0.39 is 34.7 Å². The minimum Gasteiger partial charge on any atom is -0.425 e. The van der Waals surface area contributed by atoms with Crippen LogP contribution >= 0.6 is 0 Å². The fourth-order valence-electron chi connectivity index (χ4n) is 4.56. The summed E-state index contributed by atoms with van der Waals surface area (Å²) >= 11 is 0. The number of hydrogen-bond donors (Lipinski definition) is 0. The number of aromatic nitrogens is 2. The molecule has 0 bridgehead atoms. The molecule has 0 fully saturated rings. The largest absolute Gasteiger partial charge is 0.473 e. The van der Waals surface area contributed by atoms with Gasteiger partial charge in [-0.15, -0.1) is 0 Å². The quantitative estimate of drug-likeness (QED) is 0.255. The highest BCUT2D eigenvalue weighted by atomic mass is 19.4. The van der Waals surface area contributed by atoms with Crippen molar-refractivity contribution in [2.45, 2.75) is 97.8 Å². The molecule has 0 radical (unpaired) electrons. The minimum absolute atomic E-state index is 0.234. The lowest BCUT2D eigenvalue weighted by atomic mass is 9.79. The van der Waals surface area contributed by atoms with Crippen LogP contribution in [0.2, 0.25) is 0 Å². The molecular formula is C28H36F3N3O4. The summed E-state index contributed by atoms with van der Waals surface area (Å²) in [7, 11) is 0. The van der Waals surface area contributed by atoms with Crippen molar-refractivity contribution in [2.75, 3.05) is 0 Å². The van der Waals surface area contributed by atoms with Crippen LogP contribution in [0.1, 0.15) is 89.2 Å². The Hall–Kier alpha value is -3.17. The van der Waals surface area contributed by atoms with Gasteiger partial charge in [0.2, 0.25) is 5.62 Å². The van der Waals surface area contributed by atoms with Crippen LogP contribution in [0, 0.1) is 5.92 Å². The molecule has 1 aliphatic rings. The molecule has 0 spiro atoms. The maximum atomic E-state index is 13.5. The predicted molar refractivity (Wildman–Crippen MR) is 136 cm³/mol. The van der Waals surface area contributed by atoms with Crippen molar-refractivity contribution in [3.63, 3.8) is 0 Å². The van der Waals surface area contributed by atoms with Gasteiger partial charge in [-0.2, -0.15) is 18.2 Å². The van der Waals surface area contributed by atoms with Crippen LogP contribution in [0.4, 0.5) is 13.2 Å². The Labute approximate surface area is 220 Å². The van der Waals surface area contributed by atoms with Gasteiger partial charge in [-0.3, -0.25) is 14.4 Å². The number of Topliss-reactive ketones (excluding diaryl/α,β-unsaturated/α-hetero) is 1. The lowest BCUT2D eigenvalue weighted by molar-refractivity contribution is -0.169. The summed E-state index contributed by atoms with van der Waals surface area (Å²) in [6.45, 7) is 13.4. The zero-order valence-corrected chi connectivity index (χ0v) is 23.0. The maximum absolute atomic E-state index is 13.5. The Balaban J connectivity index is 2.05. The van der Waals surface area contributed by atoms with E-state index in [-0.39, 0.29) is 12.2 Å². The molecule has 2 heterocycles. The zero-order valence-electron chi connectivity index (χ0n) is 23.0. The first-order valence-corrected chi connectivity index (χ1v) is 12.9. The van der Waals surface area contributed by atoms with Crippen molar-refractivity contribution in [1.82, 2.24) is 9.13 Å². The number of alkyl halides is 3. The molecule has 0 unspecified atom stereocenters. The van der Waals surface area contributed by atoms with Gasteiger partial charge in [-0.1, -0.05) is 47.5 Å². The molecule has 3 rings (SSSR count). The van der Waals surface area contributed by atoms with Gasteiger partial charge in [-0.05, 0) is 43.7 Å². The summed E-state index contributed by atoms with van der Waals surface area (Å²) in [5, 5.41) is 0. The van der Waals surface area contributed by atoms with Gasteiger partial charge in [0.25, 0.3) is 0 Å². The summed E-state index contributed by atoms with van der Waals surface area (Å²) < 4.78 is 47.5. The molecule has 0 aliphatic carbocycles. The number of carbonyl (C=O) groups excluding carboxylic acids is 3. The Morgan fingerprint density at radius 2 is 1.66 bits per heavy atom. The molecule has 1 aromatic heterocycles. The molecule has 1 aromatic carbocycles. The molecule has 7 nitrogen and oxygen atoms in total. The SMILES string of the molecule is CCC(CC)CCn1ccn(CC(=O)c2cc(C(C)(C)C)c3c(c2)C(C)(C)C(=O)O3)/c1=N\C(=O)C(F)(F)F. The third-order valence-corrected chi connectivity index (χ3v) is 7.23. The third kappa shape index (κ3) is 5.94. The van der Waals surface area contributed by atoms with E-state index in [1.165, 1.54) is 21.5 Å². The van der Waals surface area contributed by atoms with Gasteiger partial charge in [-0.25, -0.2) is 0 Å². The fraction of sp³-hybridized carbons (Fsp3) is 0.571. The Bertz CT molecular complexity index is 1310. The van der Waals surface area contributed by atoms with Crippen LogP contribution in [-0.4, -0.2) is 33.0 Å². The van der Waals surface area contributed by atoms with Crippen molar-refractivity contribution in [3.8, 4) is 5.75 Å². The Morgan fingerprint density at radius 1 is 1.05 bits per heavy atom. The number of aryl methyl sites for hydroxylation is 1. The predicted octanol–water partition coefficient (Wildman–Crippen LogP) is 5.48. The molecule has 2 aromatic rings. The minimum atomic E-state index is -5.13. The first-order chi connectivity index (χ1) is 17.5. The van der Waals surface area contributed by atoms with E-state index >= 15 is 0 Å². The molecule has 38 heavy (non-hydrogen) atoms. The summed E-state index contributed by atoms with van der Waals surface area (Å²) in [4.78, 5) is 41.2. The molecule has 10 heteroatoms. The number of hydrogen-bond acceptors (Lipinski definition) is 4. The van der Waals surface area contributed by atoms with Gasteiger partial charge >= 0.3 is 18.1 Å². The van der Waals surface area contributed by atoms with Gasteiger partial charge < -0.3 is 13.9 Å². The van der Waals surface area contributed by atoms with Crippen molar-refractivity contribution >= 4 is 17.7 Å². The number of carbonyl (C=O) groups is 3. The number of ether oxygens (including phenoxy) is 1. The second-order valence-electron chi connectivity index (χ2n) is 11.4. The second-order valence-corrected chi connectivity index (χ2v) is 11.4. The number of esters is 1. The van der Waals surface area contributed by atoms with E-state index in [1.807, 2.05) is 34.6 Å². The van der Waals surface area contributed by atoms with Gasteiger partial charge in [0, 0.05) is 35.6 Å². The van der Waals surface area contributed by atoms with Gasteiger partial charge in [0.05, 0.1) is 12.0 Å². The van der Waals surface area contributed by atoms with Crippen LogP contribution < -0.4 is 10.4 Å². The monoisotopic (exact) mass is 535 g/mol. The summed E-state index contributed by atoms with van der Waals surface area (Å²) in [6.07, 6.45) is 0.397. The number of fused-ring (bicyclic) bond motifs is 1.